The number of aryl methyl sites for hydroxylation is 2. The summed E-state index contributed by atoms with van der Waals surface area (Å²) >= 11 is 0. The van der Waals surface area contributed by atoms with Gasteiger partial charge < -0.3 is 10.6 Å². The van der Waals surface area contributed by atoms with Gasteiger partial charge in [0.25, 0.3) is 5.91 Å². The van der Waals surface area contributed by atoms with E-state index in [1.54, 1.807) is 23.0 Å². The van der Waals surface area contributed by atoms with Gasteiger partial charge in [-0.25, -0.2) is 4.68 Å². The van der Waals surface area contributed by atoms with Gasteiger partial charge in [0.2, 0.25) is 5.91 Å². The maximum atomic E-state index is 13.1. The number of nitrogens with one attached hydrogen (secondary N) is 2. The van der Waals surface area contributed by atoms with Gasteiger partial charge in [-0.2, -0.15) is 5.10 Å². The Labute approximate surface area is 186 Å². The average molecular weight is 425 g/mol. The number of anilines is 1. The minimum atomic E-state index is -0.356. The molecule has 0 saturated heterocycles. The van der Waals surface area contributed by atoms with Crippen molar-refractivity contribution in [3.05, 3.63) is 102 Å². The topological polar surface area (TPSA) is 76.0 Å². The summed E-state index contributed by atoms with van der Waals surface area (Å²) in [5.74, 6) is -0.654. The first kappa shape index (κ1) is 21.1. The highest BCUT2D eigenvalue weighted by Crippen LogP contribution is 2.27. The van der Waals surface area contributed by atoms with Crippen LogP contribution in [0.5, 0.6) is 0 Å². The number of aromatic nitrogens is 2. The Morgan fingerprint density at radius 1 is 0.906 bits per heavy atom. The normalized spacial score (nSPS) is 10.6. The predicted octanol–water partition coefficient (Wildman–Crippen LogP) is 4.52. The molecule has 0 spiro atoms. The van der Waals surface area contributed by atoms with Crippen LogP contribution in [0, 0.1) is 13.8 Å². The van der Waals surface area contributed by atoms with E-state index in [0.29, 0.717) is 16.9 Å². The summed E-state index contributed by atoms with van der Waals surface area (Å²) in [5, 5.41) is 10.2. The Morgan fingerprint density at radius 3 is 2.28 bits per heavy atom. The number of amides is 2. The van der Waals surface area contributed by atoms with Crippen LogP contribution >= 0.6 is 0 Å². The van der Waals surface area contributed by atoms with Crippen molar-refractivity contribution >= 4 is 17.5 Å². The first-order valence-electron chi connectivity index (χ1n) is 10.4. The number of hydrogen-bond donors (Lipinski definition) is 2. The SMILES string of the molecule is Cc1ccc(-c2nn(-c3ccccc3)cc2C(=O)NCC(=O)Nc2ccccc2)c(C)c1. The van der Waals surface area contributed by atoms with Crippen molar-refractivity contribution in [1.82, 2.24) is 15.1 Å². The van der Waals surface area contributed by atoms with Crippen molar-refractivity contribution in [2.75, 3.05) is 11.9 Å². The maximum absolute atomic E-state index is 13.1. The van der Waals surface area contributed by atoms with Crippen LogP contribution in [0.15, 0.2) is 85.1 Å². The predicted molar refractivity (Wildman–Crippen MR) is 126 cm³/mol. The van der Waals surface area contributed by atoms with Crippen molar-refractivity contribution in [1.29, 1.82) is 0 Å². The standard InChI is InChI=1S/C26H24N4O2/c1-18-13-14-22(19(2)15-18)25-23(17-30(29-25)21-11-7-4-8-12-21)26(32)27-16-24(31)28-20-9-5-3-6-10-20/h3-15,17H,16H2,1-2H3,(H,27,32)(H,28,31). The quantitative estimate of drug-likeness (QED) is 0.478. The Hall–Kier alpha value is -4.19. The highest BCUT2D eigenvalue weighted by molar-refractivity contribution is 6.03. The van der Waals surface area contributed by atoms with Crippen molar-refractivity contribution in [3.63, 3.8) is 0 Å². The van der Waals surface area contributed by atoms with Crippen LogP contribution in [0.25, 0.3) is 16.9 Å². The molecule has 0 fully saturated rings. The zero-order valence-corrected chi connectivity index (χ0v) is 18.0. The molecule has 0 saturated carbocycles. The van der Waals surface area contributed by atoms with Gasteiger partial charge in [0.05, 0.1) is 17.8 Å². The second-order valence-corrected chi connectivity index (χ2v) is 7.59. The molecule has 6 heteroatoms. The van der Waals surface area contributed by atoms with Gasteiger partial charge in [-0.3, -0.25) is 9.59 Å². The third-order valence-electron chi connectivity index (χ3n) is 5.08. The molecular weight excluding hydrogens is 400 g/mol. The molecule has 0 aliphatic carbocycles. The Balaban J connectivity index is 1.60. The Morgan fingerprint density at radius 2 is 1.59 bits per heavy atom. The summed E-state index contributed by atoms with van der Waals surface area (Å²) in [6.07, 6.45) is 1.70. The molecule has 6 nitrogen and oxygen atoms in total. The number of nitrogens with zero attached hydrogens (tertiary/aromatic N) is 2. The fraction of sp³-hybridized carbons (Fsp3) is 0.115. The van der Waals surface area contributed by atoms with Crippen LogP contribution in [-0.4, -0.2) is 28.1 Å². The third-order valence-corrected chi connectivity index (χ3v) is 5.08. The molecule has 0 atom stereocenters. The molecule has 0 radical (unpaired) electrons. The minimum Gasteiger partial charge on any atom is -0.343 e. The fourth-order valence-electron chi connectivity index (χ4n) is 3.51. The molecule has 4 aromatic rings. The third kappa shape index (κ3) is 4.75. The van der Waals surface area contributed by atoms with Gasteiger partial charge in [-0.05, 0) is 43.7 Å². The lowest BCUT2D eigenvalue weighted by Crippen LogP contribution is -2.33. The number of para-hydroxylation sites is 2. The minimum absolute atomic E-state index is 0.142. The highest BCUT2D eigenvalue weighted by Gasteiger charge is 2.20. The first-order chi connectivity index (χ1) is 15.5. The number of benzene rings is 3. The highest BCUT2D eigenvalue weighted by atomic mass is 16.2. The molecule has 0 bridgehead atoms. The van der Waals surface area contributed by atoms with E-state index in [1.807, 2.05) is 74.5 Å². The van der Waals surface area contributed by atoms with Crippen molar-refractivity contribution in [3.8, 4) is 16.9 Å². The lowest BCUT2D eigenvalue weighted by atomic mass is 10.0. The molecule has 32 heavy (non-hydrogen) atoms. The molecule has 3 aromatic carbocycles. The van der Waals surface area contributed by atoms with Gasteiger partial charge in [0.1, 0.15) is 5.69 Å². The Bertz CT molecular complexity index is 1250. The van der Waals surface area contributed by atoms with Gasteiger partial charge in [0.15, 0.2) is 0 Å². The van der Waals surface area contributed by atoms with Gasteiger partial charge >= 0.3 is 0 Å². The average Bonchev–Trinajstić information content (AvgIpc) is 3.24. The smallest absolute Gasteiger partial charge is 0.255 e. The molecule has 0 aliphatic heterocycles. The maximum Gasteiger partial charge on any atom is 0.255 e. The summed E-state index contributed by atoms with van der Waals surface area (Å²) in [4.78, 5) is 25.3. The molecule has 4 rings (SSSR count). The van der Waals surface area contributed by atoms with Gasteiger partial charge in [-0.15, -0.1) is 0 Å². The summed E-state index contributed by atoms with van der Waals surface area (Å²) in [7, 11) is 0. The number of carbonyl (C=O) groups excluding carboxylic acids is 2. The zero-order valence-electron chi connectivity index (χ0n) is 18.0. The molecule has 2 amide bonds. The molecule has 1 heterocycles. The number of hydrogen-bond acceptors (Lipinski definition) is 3. The lowest BCUT2D eigenvalue weighted by molar-refractivity contribution is -0.115. The molecule has 2 N–H and O–H groups in total. The number of carbonyl (C=O) groups is 2. The second-order valence-electron chi connectivity index (χ2n) is 7.59. The van der Waals surface area contributed by atoms with E-state index in [9.17, 15) is 9.59 Å². The first-order valence-corrected chi connectivity index (χ1v) is 10.4. The molecular formula is C26H24N4O2. The molecule has 160 valence electrons. The molecule has 0 unspecified atom stereocenters. The monoisotopic (exact) mass is 424 g/mol. The fourth-order valence-corrected chi connectivity index (χ4v) is 3.51. The van der Waals surface area contributed by atoms with Crippen molar-refractivity contribution in [2.45, 2.75) is 13.8 Å². The number of rotatable bonds is 6. The summed E-state index contributed by atoms with van der Waals surface area (Å²) in [6.45, 7) is 3.88. The lowest BCUT2D eigenvalue weighted by Gasteiger charge is -2.08. The van der Waals surface area contributed by atoms with Crippen molar-refractivity contribution in [2.24, 2.45) is 0 Å². The van der Waals surface area contributed by atoms with E-state index in [4.69, 9.17) is 5.10 Å². The van der Waals surface area contributed by atoms with Crippen LogP contribution in [0.3, 0.4) is 0 Å². The second kappa shape index (κ2) is 9.31. The zero-order chi connectivity index (χ0) is 22.5. The van der Waals surface area contributed by atoms with E-state index in [-0.39, 0.29) is 18.4 Å². The molecule has 0 aliphatic rings. The van der Waals surface area contributed by atoms with Crippen LogP contribution in [-0.2, 0) is 4.79 Å². The Kier molecular flexibility index (Phi) is 6.12. The van der Waals surface area contributed by atoms with Crippen LogP contribution in [0.4, 0.5) is 5.69 Å². The van der Waals surface area contributed by atoms with E-state index in [0.717, 1.165) is 22.4 Å². The largest absolute Gasteiger partial charge is 0.343 e. The summed E-state index contributed by atoms with van der Waals surface area (Å²) < 4.78 is 1.69. The van der Waals surface area contributed by atoms with Gasteiger partial charge in [0, 0.05) is 17.4 Å². The van der Waals surface area contributed by atoms with E-state index < -0.39 is 0 Å². The summed E-state index contributed by atoms with van der Waals surface area (Å²) in [5.41, 5.74) is 5.56. The van der Waals surface area contributed by atoms with E-state index in [1.165, 1.54) is 0 Å². The summed E-state index contributed by atoms with van der Waals surface area (Å²) in [6, 6.07) is 24.8. The van der Waals surface area contributed by atoms with Crippen LogP contribution in [0.1, 0.15) is 21.5 Å². The molecule has 1 aromatic heterocycles. The van der Waals surface area contributed by atoms with Crippen LogP contribution < -0.4 is 10.6 Å². The van der Waals surface area contributed by atoms with E-state index in [2.05, 4.69) is 16.7 Å². The van der Waals surface area contributed by atoms with Gasteiger partial charge in [-0.1, -0.05) is 60.2 Å². The van der Waals surface area contributed by atoms with E-state index >= 15 is 0 Å². The van der Waals surface area contributed by atoms with Crippen molar-refractivity contribution < 1.29 is 9.59 Å². The van der Waals surface area contributed by atoms with Crippen LogP contribution in [0.2, 0.25) is 0 Å².